The predicted octanol–water partition coefficient (Wildman–Crippen LogP) is 4.32. The first kappa shape index (κ1) is 12.7. The van der Waals surface area contributed by atoms with E-state index in [0.717, 1.165) is 11.1 Å². The minimum absolute atomic E-state index is 0.0331. The summed E-state index contributed by atoms with van der Waals surface area (Å²) in [6.45, 7) is 0. The Morgan fingerprint density at radius 3 is 2.60 bits per heavy atom. The summed E-state index contributed by atoms with van der Waals surface area (Å²) < 4.78 is 5.54. The highest BCUT2D eigenvalue weighted by Crippen LogP contribution is 2.23. The van der Waals surface area contributed by atoms with Crippen LogP contribution in [0, 0.1) is 0 Å². The SMILES string of the molecule is O=C(C=CSc1nc2ccccc2o1)c1ccccc1. The van der Waals surface area contributed by atoms with Gasteiger partial charge in [0.25, 0.3) is 5.22 Å². The summed E-state index contributed by atoms with van der Waals surface area (Å²) in [5.74, 6) is -0.0331. The fourth-order valence-corrected chi connectivity index (χ4v) is 2.35. The molecule has 2 aromatic carbocycles. The summed E-state index contributed by atoms with van der Waals surface area (Å²) in [4.78, 5) is 16.2. The normalized spacial score (nSPS) is 11.2. The second kappa shape index (κ2) is 5.75. The molecule has 0 atom stereocenters. The monoisotopic (exact) mass is 281 g/mol. The molecule has 0 saturated carbocycles. The maximum atomic E-state index is 11.9. The molecule has 1 aromatic heterocycles. The topological polar surface area (TPSA) is 43.1 Å². The molecule has 4 heteroatoms. The van der Waals surface area contributed by atoms with Crippen LogP contribution in [0.4, 0.5) is 0 Å². The van der Waals surface area contributed by atoms with Crippen molar-refractivity contribution in [2.24, 2.45) is 0 Å². The summed E-state index contributed by atoms with van der Waals surface area (Å²) in [5.41, 5.74) is 2.23. The van der Waals surface area contributed by atoms with Crippen LogP contribution in [0.3, 0.4) is 0 Å². The van der Waals surface area contributed by atoms with Gasteiger partial charge in [0.2, 0.25) is 0 Å². The average molecular weight is 281 g/mol. The van der Waals surface area contributed by atoms with Gasteiger partial charge >= 0.3 is 0 Å². The number of oxazole rings is 1. The molecule has 3 nitrogen and oxygen atoms in total. The lowest BCUT2D eigenvalue weighted by Gasteiger charge is -1.93. The van der Waals surface area contributed by atoms with Crippen molar-refractivity contribution in [3.63, 3.8) is 0 Å². The first-order valence-electron chi connectivity index (χ1n) is 6.11. The van der Waals surface area contributed by atoms with Crippen LogP contribution < -0.4 is 0 Å². The molecular formula is C16H11NO2S. The van der Waals surface area contributed by atoms with E-state index in [2.05, 4.69) is 4.98 Å². The maximum Gasteiger partial charge on any atom is 0.261 e. The molecule has 3 aromatic rings. The Labute approximate surface area is 120 Å². The second-order valence-corrected chi connectivity index (χ2v) is 4.96. The number of nitrogens with zero attached hydrogens (tertiary/aromatic N) is 1. The van der Waals surface area contributed by atoms with Gasteiger partial charge in [-0.25, -0.2) is 4.98 Å². The van der Waals surface area contributed by atoms with Gasteiger partial charge < -0.3 is 4.42 Å². The fraction of sp³-hybridized carbons (Fsp3) is 0. The highest BCUT2D eigenvalue weighted by atomic mass is 32.2. The molecule has 0 N–H and O–H groups in total. The lowest BCUT2D eigenvalue weighted by Crippen LogP contribution is -1.92. The van der Waals surface area contributed by atoms with Crippen molar-refractivity contribution in [2.45, 2.75) is 5.22 Å². The maximum absolute atomic E-state index is 11.9. The number of carbonyl (C=O) groups excluding carboxylic acids is 1. The van der Waals surface area contributed by atoms with Crippen LogP contribution in [-0.4, -0.2) is 10.8 Å². The minimum atomic E-state index is -0.0331. The van der Waals surface area contributed by atoms with Gasteiger partial charge in [-0.05, 0) is 35.4 Å². The van der Waals surface area contributed by atoms with E-state index in [1.807, 2.05) is 42.5 Å². The highest BCUT2D eigenvalue weighted by Gasteiger charge is 2.04. The molecule has 0 radical (unpaired) electrons. The van der Waals surface area contributed by atoms with E-state index >= 15 is 0 Å². The van der Waals surface area contributed by atoms with E-state index in [4.69, 9.17) is 4.42 Å². The number of allylic oxidation sites excluding steroid dienone is 1. The van der Waals surface area contributed by atoms with Crippen molar-refractivity contribution in [1.82, 2.24) is 4.98 Å². The number of benzene rings is 2. The first-order chi connectivity index (χ1) is 9.83. The third kappa shape index (κ3) is 2.81. The van der Waals surface area contributed by atoms with Crippen molar-refractivity contribution in [1.29, 1.82) is 0 Å². The van der Waals surface area contributed by atoms with E-state index in [1.54, 1.807) is 17.5 Å². The van der Waals surface area contributed by atoms with E-state index in [1.165, 1.54) is 17.8 Å². The zero-order valence-electron chi connectivity index (χ0n) is 10.5. The number of aromatic nitrogens is 1. The number of carbonyl (C=O) groups is 1. The predicted molar refractivity (Wildman–Crippen MR) is 79.8 cm³/mol. The highest BCUT2D eigenvalue weighted by molar-refractivity contribution is 8.01. The van der Waals surface area contributed by atoms with Crippen molar-refractivity contribution < 1.29 is 9.21 Å². The lowest BCUT2D eigenvalue weighted by molar-refractivity contribution is 0.104. The molecule has 3 rings (SSSR count). The zero-order chi connectivity index (χ0) is 13.8. The molecule has 0 amide bonds. The Bertz CT molecular complexity index is 729. The molecule has 0 spiro atoms. The van der Waals surface area contributed by atoms with Gasteiger partial charge in [0.15, 0.2) is 11.4 Å². The van der Waals surface area contributed by atoms with Gasteiger partial charge in [-0.1, -0.05) is 42.5 Å². The molecule has 0 saturated heterocycles. The lowest BCUT2D eigenvalue weighted by atomic mass is 10.1. The van der Waals surface area contributed by atoms with Crippen LogP contribution in [0.1, 0.15) is 10.4 Å². The molecule has 1 heterocycles. The van der Waals surface area contributed by atoms with Gasteiger partial charge in [0, 0.05) is 5.56 Å². The Balaban J connectivity index is 1.70. The Hall–Kier alpha value is -2.33. The van der Waals surface area contributed by atoms with Crippen molar-refractivity contribution >= 4 is 28.6 Å². The third-order valence-electron chi connectivity index (χ3n) is 2.72. The molecule has 0 bridgehead atoms. The molecule has 0 fully saturated rings. The van der Waals surface area contributed by atoms with Crippen LogP contribution in [-0.2, 0) is 0 Å². The summed E-state index contributed by atoms with van der Waals surface area (Å²) in [6, 6.07) is 16.7. The Kier molecular flexibility index (Phi) is 3.65. The quantitative estimate of drug-likeness (QED) is 0.406. The molecule has 98 valence electrons. The van der Waals surface area contributed by atoms with Gasteiger partial charge in [-0.15, -0.1) is 0 Å². The molecule has 0 aliphatic rings. The Morgan fingerprint density at radius 1 is 1.05 bits per heavy atom. The number of ketones is 1. The van der Waals surface area contributed by atoms with E-state index in [0.29, 0.717) is 10.8 Å². The molecule has 0 aliphatic carbocycles. The van der Waals surface area contributed by atoms with Gasteiger partial charge in [-0.2, -0.15) is 0 Å². The van der Waals surface area contributed by atoms with E-state index in [-0.39, 0.29) is 5.78 Å². The van der Waals surface area contributed by atoms with Crippen LogP contribution >= 0.6 is 11.8 Å². The number of thioether (sulfide) groups is 1. The van der Waals surface area contributed by atoms with Crippen LogP contribution in [0.5, 0.6) is 0 Å². The summed E-state index contributed by atoms with van der Waals surface area (Å²) in [5, 5.41) is 2.23. The standard InChI is InChI=1S/C16H11NO2S/c18-14(12-6-2-1-3-7-12)10-11-20-16-17-13-8-4-5-9-15(13)19-16/h1-11H. The molecule has 20 heavy (non-hydrogen) atoms. The van der Waals surface area contributed by atoms with Crippen molar-refractivity contribution in [3.8, 4) is 0 Å². The van der Waals surface area contributed by atoms with Gasteiger partial charge in [0.05, 0.1) is 0 Å². The first-order valence-corrected chi connectivity index (χ1v) is 6.99. The second-order valence-electron chi connectivity index (χ2n) is 4.10. The average Bonchev–Trinajstić information content (AvgIpc) is 2.90. The molecular weight excluding hydrogens is 270 g/mol. The van der Waals surface area contributed by atoms with Gasteiger partial charge in [-0.3, -0.25) is 4.79 Å². The van der Waals surface area contributed by atoms with E-state index < -0.39 is 0 Å². The Morgan fingerprint density at radius 2 is 1.80 bits per heavy atom. The summed E-state index contributed by atoms with van der Waals surface area (Å²) in [7, 11) is 0. The van der Waals surface area contributed by atoms with E-state index in [9.17, 15) is 4.79 Å². The van der Waals surface area contributed by atoms with Crippen molar-refractivity contribution in [3.05, 3.63) is 71.6 Å². The van der Waals surface area contributed by atoms with Crippen LogP contribution in [0.2, 0.25) is 0 Å². The smallest absolute Gasteiger partial charge is 0.261 e. The van der Waals surface area contributed by atoms with Crippen LogP contribution in [0.15, 0.2) is 75.7 Å². The molecule has 0 unspecified atom stereocenters. The van der Waals surface area contributed by atoms with Crippen LogP contribution in [0.25, 0.3) is 11.1 Å². The third-order valence-corrected chi connectivity index (χ3v) is 3.37. The minimum Gasteiger partial charge on any atom is -0.431 e. The van der Waals surface area contributed by atoms with Crippen molar-refractivity contribution in [2.75, 3.05) is 0 Å². The number of rotatable bonds is 4. The number of para-hydroxylation sites is 2. The number of hydrogen-bond acceptors (Lipinski definition) is 4. The number of fused-ring (bicyclic) bond motifs is 1. The molecule has 0 aliphatic heterocycles. The van der Waals surface area contributed by atoms with Gasteiger partial charge in [0.1, 0.15) is 5.52 Å². The fourth-order valence-electron chi connectivity index (χ4n) is 1.75. The zero-order valence-corrected chi connectivity index (χ0v) is 11.3. The summed E-state index contributed by atoms with van der Waals surface area (Å²) in [6.07, 6.45) is 1.52. The number of hydrogen-bond donors (Lipinski definition) is 0. The largest absolute Gasteiger partial charge is 0.431 e. The summed E-state index contributed by atoms with van der Waals surface area (Å²) >= 11 is 1.29.